The molecule has 0 bridgehead atoms. The molecule has 0 aliphatic carbocycles. The molecule has 0 aliphatic heterocycles. The van der Waals surface area contributed by atoms with E-state index in [1.54, 1.807) is 13.0 Å². The number of hydrogen-bond acceptors (Lipinski definition) is 3. The molecule has 4 nitrogen and oxygen atoms in total. The van der Waals surface area contributed by atoms with Gasteiger partial charge in [-0.1, -0.05) is 19.0 Å². The second-order valence-electron chi connectivity index (χ2n) is 3.80. The topological polar surface area (TPSA) is 55.1 Å². The molecule has 1 unspecified atom stereocenters. The van der Waals surface area contributed by atoms with Gasteiger partial charge >= 0.3 is 0 Å². The summed E-state index contributed by atoms with van der Waals surface area (Å²) in [5, 5.41) is 6.25. The lowest BCUT2D eigenvalue weighted by atomic mass is 10.1. The molecule has 0 radical (unpaired) electrons. The van der Waals surface area contributed by atoms with E-state index in [9.17, 15) is 4.79 Å². The highest BCUT2D eigenvalue weighted by Gasteiger charge is 2.14. The van der Waals surface area contributed by atoms with Crippen molar-refractivity contribution in [1.82, 2.24) is 10.5 Å². The molecule has 0 saturated carbocycles. The van der Waals surface area contributed by atoms with E-state index >= 15 is 0 Å². The molecule has 1 aromatic rings. The van der Waals surface area contributed by atoms with Gasteiger partial charge in [-0.15, -0.1) is 11.6 Å². The first kappa shape index (κ1) is 12.0. The Labute approximate surface area is 94.0 Å². The highest BCUT2D eigenvalue weighted by atomic mass is 35.5. The minimum atomic E-state index is -0.276. The molecule has 1 N–H and O–H groups in total. The van der Waals surface area contributed by atoms with Crippen molar-refractivity contribution in [2.24, 2.45) is 5.92 Å². The molecular weight excluding hydrogens is 216 g/mol. The van der Waals surface area contributed by atoms with Crippen LogP contribution in [-0.4, -0.2) is 23.0 Å². The molecule has 1 amide bonds. The highest BCUT2D eigenvalue weighted by Crippen LogP contribution is 2.08. The number of nitrogens with one attached hydrogen (secondary N) is 1. The van der Waals surface area contributed by atoms with Crippen LogP contribution in [0.1, 0.15) is 30.1 Å². The number of carbonyl (C=O) groups excluding carboxylic acids is 1. The molecule has 1 atom stereocenters. The van der Waals surface area contributed by atoms with Crippen LogP contribution in [-0.2, 0) is 0 Å². The van der Waals surface area contributed by atoms with Crippen molar-refractivity contribution >= 4 is 17.5 Å². The first-order chi connectivity index (χ1) is 7.00. The summed E-state index contributed by atoms with van der Waals surface area (Å²) in [7, 11) is 0. The number of nitrogens with zero attached hydrogens (tertiary/aromatic N) is 1. The average molecular weight is 231 g/mol. The van der Waals surface area contributed by atoms with Gasteiger partial charge in [-0.25, -0.2) is 0 Å². The molecule has 5 heteroatoms. The Morgan fingerprint density at radius 1 is 1.67 bits per heavy atom. The van der Waals surface area contributed by atoms with Gasteiger partial charge < -0.3 is 9.84 Å². The zero-order valence-corrected chi connectivity index (χ0v) is 9.84. The standard InChI is InChI=1S/C10H15ClN2O2/c1-6(2)8(11)5-12-10(14)9-4-7(3)13-15-9/h4,6,8H,5H2,1-3H3,(H,12,14). The Morgan fingerprint density at radius 2 is 2.33 bits per heavy atom. The maximum Gasteiger partial charge on any atom is 0.289 e. The van der Waals surface area contributed by atoms with Crippen molar-refractivity contribution in [3.63, 3.8) is 0 Å². The van der Waals surface area contributed by atoms with Gasteiger partial charge in [0.1, 0.15) is 0 Å². The molecule has 0 aromatic carbocycles. The van der Waals surface area contributed by atoms with Crippen molar-refractivity contribution in [1.29, 1.82) is 0 Å². The Kier molecular flexibility index (Phi) is 4.15. The molecule has 1 heterocycles. The number of halogens is 1. The van der Waals surface area contributed by atoms with Gasteiger partial charge in [-0.2, -0.15) is 0 Å². The van der Waals surface area contributed by atoms with E-state index in [2.05, 4.69) is 10.5 Å². The summed E-state index contributed by atoms with van der Waals surface area (Å²) >= 11 is 5.99. The van der Waals surface area contributed by atoms with E-state index in [0.29, 0.717) is 18.2 Å². The number of alkyl halides is 1. The van der Waals surface area contributed by atoms with Gasteiger partial charge in [0.15, 0.2) is 0 Å². The Morgan fingerprint density at radius 3 is 2.80 bits per heavy atom. The summed E-state index contributed by atoms with van der Waals surface area (Å²) in [4.78, 5) is 11.5. The van der Waals surface area contributed by atoms with Crippen molar-refractivity contribution in [3.8, 4) is 0 Å². The first-order valence-corrected chi connectivity index (χ1v) is 5.30. The number of aryl methyl sites for hydroxylation is 1. The normalized spacial score (nSPS) is 12.9. The number of hydrogen-bond donors (Lipinski definition) is 1. The molecule has 0 saturated heterocycles. The SMILES string of the molecule is Cc1cc(C(=O)NCC(Cl)C(C)C)on1. The van der Waals surface area contributed by atoms with Crippen LogP contribution in [0.3, 0.4) is 0 Å². The third-order valence-corrected chi connectivity index (χ3v) is 2.69. The van der Waals surface area contributed by atoms with Gasteiger partial charge in [-0.05, 0) is 12.8 Å². The van der Waals surface area contributed by atoms with Crippen molar-refractivity contribution in [2.45, 2.75) is 26.1 Å². The third kappa shape index (κ3) is 3.55. The summed E-state index contributed by atoms with van der Waals surface area (Å²) in [6, 6.07) is 1.59. The summed E-state index contributed by atoms with van der Waals surface area (Å²) in [6.45, 7) is 6.20. The molecule has 1 aromatic heterocycles. The number of amides is 1. The lowest BCUT2D eigenvalue weighted by Gasteiger charge is -2.12. The smallest absolute Gasteiger partial charge is 0.289 e. The van der Waals surface area contributed by atoms with E-state index in [4.69, 9.17) is 16.1 Å². The van der Waals surface area contributed by atoms with Crippen LogP contribution < -0.4 is 5.32 Å². The average Bonchev–Trinajstić information content (AvgIpc) is 2.60. The van der Waals surface area contributed by atoms with Gasteiger partial charge in [0.05, 0.1) is 11.1 Å². The first-order valence-electron chi connectivity index (χ1n) is 4.86. The van der Waals surface area contributed by atoms with Crippen molar-refractivity contribution in [2.75, 3.05) is 6.54 Å². The molecular formula is C10H15ClN2O2. The second-order valence-corrected chi connectivity index (χ2v) is 4.36. The highest BCUT2D eigenvalue weighted by molar-refractivity contribution is 6.21. The van der Waals surface area contributed by atoms with Gasteiger partial charge in [0, 0.05) is 12.6 Å². The fourth-order valence-corrected chi connectivity index (χ4v) is 1.06. The second kappa shape index (κ2) is 5.16. The van der Waals surface area contributed by atoms with Crippen LogP contribution in [0.2, 0.25) is 0 Å². The third-order valence-electron chi connectivity index (χ3n) is 2.03. The fraction of sp³-hybridized carbons (Fsp3) is 0.600. The van der Waals surface area contributed by atoms with Crippen LogP contribution in [0.4, 0.5) is 0 Å². The fourth-order valence-electron chi connectivity index (χ4n) is 0.984. The zero-order valence-electron chi connectivity index (χ0n) is 9.08. The Balaban J connectivity index is 2.43. The Hall–Kier alpha value is -1.03. The minimum absolute atomic E-state index is 0.0713. The van der Waals surface area contributed by atoms with Crippen molar-refractivity contribution < 1.29 is 9.32 Å². The molecule has 0 aliphatic rings. The maximum absolute atomic E-state index is 11.5. The molecule has 0 spiro atoms. The van der Waals surface area contributed by atoms with Crippen molar-refractivity contribution in [3.05, 3.63) is 17.5 Å². The monoisotopic (exact) mass is 230 g/mol. The van der Waals surface area contributed by atoms with E-state index in [-0.39, 0.29) is 17.0 Å². The molecule has 84 valence electrons. The number of rotatable bonds is 4. The van der Waals surface area contributed by atoms with E-state index < -0.39 is 0 Å². The summed E-state index contributed by atoms with van der Waals surface area (Å²) in [6.07, 6.45) is 0. The summed E-state index contributed by atoms with van der Waals surface area (Å²) in [5.41, 5.74) is 0.687. The number of carbonyl (C=O) groups is 1. The summed E-state index contributed by atoms with van der Waals surface area (Å²) < 4.78 is 4.81. The minimum Gasteiger partial charge on any atom is -0.351 e. The predicted molar refractivity (Wildman–Crippen MR) is 58.1 cm³/mol. The van der Waals surface area contributed by atoms with E-state index in [1.165, 1.54) is 0 Å². The number of aromatic nitrogens is 1. The van der Waals surface area contributed by atoms with Crippen LogP contribution in [0.5, 0.6) is 0 Å². The summed E-state index contributed by atoms with van der Waals surface area (Å²) in [5.74, 6) is 0.269. The van der Waals surface area contributed by atoms with Crippen LogP contribution in [0.25, 0.3) is 0 Å². The van der Waals surface area contributed by atoms with E-state index in [0.717, 1.165) is 0 Å². The maximum atomic E-state index is 11.5. The quantitative estimate of drug-likeness (QED) is 0.805. The molecule has 15 heavy (non-hydrogen) atoms. The molecule has 1 rings (SSSR count). The van der Waals surface area contributed by atoms with Crippen LogP contribution >= 0.6 is 11.6 Å². The predicted octanol–water partition coefficient (Wildman–Crippen LogP) is 1.98. The lowest BCUT2D eigenvalue weighted by molar-refractivity contribution is 0.0915. The Bertz CT molecular complexity index is 336. The van der Waals surface area contributed by atoms with Gasteiger partial charge in [0.2, 0.25) is 5.76 Å². The van der Waals surface area contributed by atoms with Crippen LogP contribution in [0, 0.1) is 12.8 Å². The largest absolute Gasteiger partial charge is 0.351 e. The zero-order chi connectivity index (χ0) is 11.4. The molecule has 0 fully saturated rings. The van der Waals surface area contributed by atoms with E-state index in [1.807, 2.05) is 13.8 Å². The van der Waals surface area contributed by atoms with Gasteiger partial charge in [0.25, 0.3) is 5.91 Å². The van der Waals surface area contributed by atoms with Crippen LogP contribution in [0.15, 0.2) is 10.6 Å². The lowest BCUT2D eigenvalue weighted by Crippen LogP contribution is -2.31. The van der Waals surface area contributed by atoms with Gasteiger partial charge in [-0.3, -0.25) is 4.79 Å².